The highest BCUT2D eigenvalue weighted by atomic mass is 16.5. The first-order valence-corrected chi connectivity index (χ1v) is 8.44. The largest absolute Gasteiger partial charge is 0.361 e. The van der Waals surface area contributed by atoms with Gasteiger partial charge in [-0.1, -0.05) is 39.8 Å². The van der Waals surface area contributed by atoms with Crippen LogP contribution in [0, 0.1) is 17.3 Å². The van der Waals surface area contributed by atoms with Gasteiger partial charge in [-0.25, -0.2) is 0 Å². The summed E-state index contributed by atoms with van der Waals surface area (Å²) < 4.78 is 5.48. The van der Waals surface area contributed by atoms with Gasteiger partial charge >= 0.3 is 0 Å². The molecule has 1 aromatic rings. The molecule has 0 saturated heterocycles. The number of hydrogen-bond donors (Lipinski definition) is 1. The average molecular weight is 304 g/mol. The van der Waals surface area contributed by atoms with E-state index in [1.54, 1.807) is 0 Å². The van der Waals surface area contributed by atoms with Crippen molar-refractivity contribution in [2.75, 3.05) is 0 Å². The maximum atomic E-state index is 11.9. The molecular weight excluding hydrogens is 276 g/mol. The predicted octanol–water partition coefficient (Wildman–Crippen LogP) is 3.46. The number of rotatable bonds is 4. The third-order valence-corrected chi connectivity index (χ3v) is 5.49. The molecule has 0 radical (unpaired) electrons. The molecule has 1 aromatic heterocycles. The number of hydrogen-bond acceptors (Lipinski definition) is 3. The number of carbonyl (C=O) groups excluding carboxylic acids is 1. The lowest BCUT2D eigenvalue weighted by Crippen LogP contribution is -2.59. The second-order valence-corrected chi connectivity index (χ2v) is 8.73. The molecule has 0 bridgehead atoms. The average Bonchev–Trinajstić information content (AvgIpc) is 3.15. The summed E-state index contributed by atoms with van der Waals surface area (Å²) in [6, 6.07) is 2.39. The summed E-state index contributed by atoms with van der Waals surface area (Å²) in [6.45, 7) is 10.9. The van der Waals surface area contributed by atoms with Crippen LogP contribution in [0.25, 0.3) is 0 Å². The van der Waals surface area contributed by atoms with E-state index >= 15 is 0 Å². The van der Waals surface area contributed by atoms with Crippen LogP contribution in [0.4, 0.5) is 0 Å². The molecule has 4 heteroatoms. The summed E-state index contributed by atoms with van der Waals surface area (Å²) in [5, 5.41) is 7.46. The Bertz CT molecular complexity index is 564. The lowest BCUT2D eigenvalue weighted by atomic mass is 9.57. The van der Waals surface area contributed by atoms with Crippen molar-refractivity contribution in [1.29, 1.82) is 0 Å². The first-order valence-electron chi connectivity index (χ1n) is 8.44. The zero-order chi connectivity index (χ0) is 16.1. The Hall–Kier alpha value is -1.32. The molecule has 0 spiro atoms. The molecule has 2 unspecified atom stereocenters. The SMILES string of the molecule is CC(C)(C)c1cc(CC2CC(NC(=O)C3CC3)C2(C)C)no1. The first-order chi connectivity index (χ1) is 10.2. The van der Waals surface area contributed by atoms with Crippen LogP contribution in [-0.4, -0.2) is 17.1 Å². The van der Waals surface area contributed by atoms with Gasteiger partial charge in [0.15, 0.2) is 0 Å². The fourth-order valence-corrected chi connectivity index (χ4v) is 3.26. The molecule has 0 aliphatic heterocycles. The summed E-state index contributed by atoms with van der Waals surface area (Å²) >= 11 is 0. The lowest BCUT2D eigenvalue weighted by molar-refractivity contribution is -0.126. The van der Waals surface area contributed by atoms with Crippen LogP contribution in [0.3, 0.4) is 0 Å². The molecular formula is C18H28N2O2. The fourth-order valence-electron chi connectivity index (χ4n) is 3.26. The summed E-state index contributed by atoms with van der Waals surface area (Å²) in [4.78, 5) is 11.9. The standard InChI is InChI=1S/C18H28N2O2/c1-17(2,3)15-10-13(20-22-15)8-12-9-14(18(12,4)5)19-16(21)11-6-7-11/h10-12,14H,6-9H2,1-5H3,(H,19,21). The Kier molecular flexibility index (Phi) is 3.61. The van der Waals surface area contributed by atoms with E-state index in [0.29, 0.717) is 17.9 Å². The van der Waals surface area contributed by atoms with Crippen molar-refractivity contribution in [3.05, 3.63) is 17.5 Å². The van der Waals surface area contributed by atoms with E-state index in [-0.39, 0.29) is 16.7 Å². The molecule has 0 aromatic carbocycles. The quantitative estimate of drug-likeness (QED) is 0.927. The number of nitrogens with zero attached hydrogens (tertiary/aromatic N) is 1. The highest BCUT2D eigenvalue weighted by Gasteiger charge is 2.49. The minimum atomic E-state index is 0.00115. The normalized spacial score (nSPS) is 27.3. The van der Waals surface area contributed by atoms with E-state index in [9.17, 15) is 4.79 Å². The maximum absolute atomic E-state index is 11.9. The summed E-state index contributed by atoms with van der Waals surface area (Å²) in [5.74, 6) is 2.04. The molecule has 3 rings (SSSR count). The predicted molar refractivity (Wildman–Crippen MR) is 85.4 cm³/mol. The topological polar surface area (TPSA) is 55.1 Å². The molecule has 2 fully saturated rings. The van der Waals surface area contributed by atoms with Crippen molar-refractivity contribution in [3.8, 4) is 0 Å². The molecule has 2 atom stereocenters. The van der Waals surface area contributed by atoms with Crippen molar-refractivity contribution in [1.82, 2.24) is 10.5 Å². The van der Waals surface area contributed by atoms with Crippen molar-refractivity contribution in [3.63, 3.8) is 0 Å². The zero-order valence-corrected chi connectivity index (χ0v) is 14.4. The van der Waals surface area contributed by atoms with Crippen LogP contribution in [0.15, 0.2) is 10.6 Å². The molecule has 2 aliphatic rings. The second-order valence-electron chi connectivity index (χ2n) is 8.73. The number of carbonyl (C=O) groups is 1. The van der Waals surface area contributed by atoms with Crippen LogP contribution in [0.5, 0.6) is 0 Å². The van der Waals surface area contributed by atoms with Crippen LogP contribution in [-0.2, 0) is 16.6 Å². The second kappa shape index (κ2) is 5.10. The van der Waals surface area contributed by atoms with Crippen LogP contribution in [0.2, 0.25) is 0 Å². The molecule has 1 amide bonds. The van der Waals surface area contributed by atoms with Crippen LogP contribution in [0.1, 0.15) is 65.3 Å². The van der Waals surface area contributed by atoms with Gasteiger partial charge in [-0.15, -0.1) is 0 Å². The van der Waals surface area contributed by atoms with Gasteiger partial charge in [-0.3, -0.25) is 4.79 Å². The minimum absolute atomic E-state index is 0.00115. The van der Waals surface area contributed by atoms with Crippen molar-refractivity contribution in [2.24, 2.45) is 17.3 Å². The van der Waals surface area contributed by atoms with Crippen molar-refractivity contribution >= 4 is 5.91 Å². The fraction of sp³-hybridized carbons (Fsp3) is 0.778. The van der Waals surface area contributed by atoms with Crippen LogP contribution < -0.4 is 5.32 Å². The van der Waals surface area contributed by atoms with Gasteiger partial charge in [0.2, 0.25) is 5.91 Å². The molecule has 2 aliphatic carbocycles. The van der Waals surface area contributed by atoms with Crippen LogP contribution >= 0.6 is 0 Å². The minimum Gasteiger partial charge on any atom is -0.361 e. The Labute approximate surface area is 133 Å². The van der Waals surface area contributed by atoms with Gasteiger partial charge in [0.05, 0.1) is 5.69 Å². The van der Waals surface area contributed by atoms with Gasteiger partial charge in [-0.05, 0) is 37.0 Å². The van der Waals surface area contributed by atoms with Gasteiger partial charge in [-0.2, -0.15) is 0 Å². The molecule has 22 heavy (non-hydrogen) atoms. The molecule has 122 valence electrons. The Morgan fingerprint density at radius 1 is 1.41 bits per heavy atom. The smallest absolute Gasteiger partial charge is 0.223 e. The molecule has 2 saturated carbocycles. The first kappa shape index (κ1) is 15.6. The van der Waals surface area contributed by atoms with Crippen molar-refractivity contribution < 1.29 is 9.32 Å². The molecule has 4 nitrogen and oxygen atoms in total. The van der Waals surface area contributed by atoms with Gasteiger partial charge in [0, 0.05) is 23.4 Å². The zero-order valence-electron chi connectivity index (χ0n) is 14.4. The summed E-state index contributed by atoms with van der Waals surface area (Å²) in [7, 11) is 0. The molecule has 1 heterocycles. The summed E-state index contributed by atoms with van der Waals surface area (Å²) in [6.07, 6.45) is 4.11. The maximum Gasteiger partial charge on any atom is 0.223 e. The third kappa shape index (κ3) is 2.92. The van der Waals surface area contributed by atoms with Gasteiger partial charge in [0.25, 0.3) is 0 Å². The molecule has 1 N–H and O–H groups in total. The summed E-state index contributed by atoms with van der Waals surface area (Å²) in [5.41, 5.74) is 1.17. The number of nitrogens with one attached hydrogen (secondary N) is 1. The van der Waals surface area contributed by atoms with E-state index in [4.69, 9.17) is 4.52 Å². The Balaban J connectivity index is 1.58. The van der Waals surface area contributed by atoms with Gasteiger partial charge in [0.1, 0.15) is 5.76 Å². The Morgan fingerprint density at radius 2 is 2.09 bits per heavy atom. The van der Waals surface area contributed by atoms with E-state index in [2.05, 4.69) is 51.2 Å². The van der Waals surface area contributed by atoms with E-state index < -0.39 is 0 Å². The van der Waals surface area contributed by atoms with Gasteiger partial charge < -0.3 is 9.84 Å². The van der Waals surface area contributed by atoms with Crippen molar-refractivity contribution in [2.45, 2.75) is 71.8 Å². The van der Waals surface area contributed by atoms with E-state index in [1.807, 2.05) is 0 Å². The monoisotopic (exact) mass is 304 g/mol. The third-order valence-electron chi connectivity index (χ3n) is 5.49. The number of aromatic nitrogens is 1. The van der Waals surface area contributed by atoms with E-state index in [1.165, 1.54) is 0 Å². The van der Waals surface area contributed by atoms with E-state index in [0.717, 1.165) is 37.1 Å². The number of amides is 1. The highest BCUT2D eigenvalue weighted by molar-refractivity contribution is 5.81. The Morgan fingerprint density at radius 3 is 2.59 bits per heavy atom. The lowest BCUT2D eigenvalue weighted by Gasteiger charge is -2.52. The highest BCUT2D eigenvalue weighted by Crippen LogP contribution is 2.48.